The van der Waals surface area contributed by atoms with Crippen molar-refractivity contribution in [2.45, 2.75) is 24.8 Å². The molecule has 1 aliphatic heterocycles. The molecule has 0 bridgehead atoms. The third-order valence-electron chi connectivity index (χ3n) is 2.88. The van der Waals surface area contributed by atoms with Crippen LogP contribution in [-0.4, -0.2) is 44.1 Å². The number of aryl methyl sites for hydroxylation is 1. The van der Waals surface area contributed by atoms with E-state index < -0.39 is 10.0 Å². The van der Waals surface area contributed by atoms with Crippen molar-refractivity contribution in [1.82, 2.24) is 4.31 Å². The number of nitrogens with zero attached hydrogens (tertiary/aromatic N) is 1. The monoisotopic (exact) mass is 275 g/mol. The van der Waals surface area contributed by atoms with Crippen LogP contribution in [0.25, 0.3) is 0 Å². The van der Waals surface area contributed by atoms with Gasteiger partial charge in [-0.15, -0.1) is 0 Å². The number of sulfonamides is 1. The highest BCUT2D eigenvalue weighted by Crippen LogP contribution is 2.24. The average molecular weight is 275 g/mol. The quantitative estimate of drug-likeness (QED) is 0.868. The molecular weight excluding hydrogens is 258 g/mol. The zero-order chi connectivity index (χ0) is 13.2. The SMILES string of the molecule is Cc1oc(CO)cc1S(=O)(=O)N1CCCOCC1. The van der Waals surface area contributed by atoms with Gasteiger partial charge in [0.2, 0.25) is 10.0 Å². The standard InChI is InChI=1S/C11H17NO5S/c1-9-11(7-10(8-13)17-9)18(14,15)12-3-2-5-16-6-4-12/h7,13H,2-6,8H2,1H3. The average Bonchev–Trinajstić information content (AvgIpc) is 2.55. The molecule has 1 saturated heterocycles. The fourth-order valence-electron chi connectivity index (χ4n) is 1.96. The summed E-state index contributed by atoms with van der Waals surface area (Å²) in [6, 6.07) is 1.39. The van der Waals surface area contributed by atoms with Gasteiger partial charge in [-0.3, -0.25) is 0 Å². The van der Waals surface area contributed by atoms with E-state index in [4.69, 9.17) is 14.3 Å². The minimum absolute atomic E-state index is 0.133. The summed E-state index contributed by atoms with van der Waals surface area (Å²) in [5.41, 5.74) is 0. The maximum Gasteiger partial charge on any atom is 0.246 e. The molecule has 2 rings (SSSR count). The van der Waals surface area contributed by atoms with Gasteiger partial charge in [-0.25, -0.2) is 8.42 Å². The molecule has 0 unspecified atom stereocenters. The minimum Gasteiger partial charge on any atom is -0.462 e. The van der Waals surface area contributed by atoms with E-state index in [1.807, 2.05) is 0 Å². The van der Waals surface area contributed by atoms with E-state index in [0.717, 1.165) is 0 Å². The van der Waals surface area contributed by atoms with E-state index in [0.29, 0.717) is 38.5 Å². The van der Waals surface area contributed by atoms with Crippen molar-refractivity contribution in [3.8, 4) is 0 Å². The first-order valence-corrected chi connectivity index (χ1v) is 7.28. The fourth-order valence-corrected chi connectivity index (χ4v) is 3.61. The topological polar surface area (TPSA) is 80.0 Å². The van der Waals surface area contributed by atoms with Crippen LogP contribution in [0.4, 0.5) is 0 Å². The maximum atomic E-state index is 12.4. The van der Waals surface area contributed by atoms with Gasteiger partial charge in [0.15, 0.2) is 0 Å². The predicted molar refractivity (Wildman–Crippen MR) is 63.6 cm³/mol. The Hall–Kier alpha value is -0.890. The zero-order valence-corrected chi connectivity index (χ0v) is 11.1. The van der Waals surface area contributed by atoms with E-state index in [1.165, 1.54) is 10.4 Å². The number of aliphatic hydroxyl groups excluding tert-OH is 1. The first kappa shape index (κ1) is 13.5. The number of rotatable bonds is 3. The lowest BCUT2D eigenvalue weighted by atomic mass is 10.4. The Bertz CT molecular complexity index is 500. The van der Waals surface area contributed by atoms with Crippen molar-refractivity contribution in [3.05, 3.63) is 17.6 Å². The third-order valence-corrected chi connectivity index (χ3v) is 4.88. The molecule has 102 valence electrons. The molecule has 1 aliphatic rings. The maximum absolute atomic E-state index is 12.4. The highest BCUT2D eigenvalue weighted by atomic mass is 32.2. The van der Waals surface area contributed by atoms with Crippen LogP contribution in [0.3, 0.4) is 0 Å². The number of hydrogen-bond donors (Lipinski definition) is 1. The summed E-state index contributed by atoms with van der Waals surface area (Å²) in [7, 11) is -3.56. The number of ether oxygens (including phenoxy) is 1. The number of hydrogen-bond acceptors (Lipinski definition) is 5. The summed E-state index contributed by atoms with van der Waals surface area (Å²) in [5.74, 6) is 0.571. The Balaban J connectivity index is 2.31. The largest absolute Gasteiger partial charge is 0.462 e. The molecule has 0 saturated carbocycles. The second-order valence-electron chi connectivity index (χ2n) is 4.16. The molecule has 18 heavy (non-hydrogen) atoms. The lowest BCUT2D eigenvalue weighted by Gasteiger charge is -2.18. The van der Waals surface area contributed by atoms with Gasteiger partial charge < -0.3 is 14.3 Å². The molecule has 2 heterocycles. The van der Waals surface area contributed by atoms with Crippen LogP contribution in [0.5, 0.6) is 0 Å². The fraction of sp³-hybridized carbons (Fsp3) is 0.636. The van der Waals surface area contributed by atoms with Gasteiger partial charge in [0, 0.05) is 25.8 Å². The predicted octanol–water partition coefficient (Wildman–Crippen LogP) is 0.491. The summed E-state index contributed by atoms with van der Waals surface area (Å²) in [6.07, 6.45) is 0.684. The van der Waals surface area contributed by atoms with Crippen LogP contribution in [0.1, 0.15) is 17.9 Å². The molecule has 7 heteroatoms. The molecule has 0 aromatic carbocycles. The molecule has 0 amide bonds. The van der Waals surface area contributed by atoms with Gasteiger partial charge in [0.1, 0.15) is 23.0 Å². The zero-order valence-electron chi connectivity index (χ0n) is 10.3. The molecule has 6 nitrogen and oxygen atoms in total. The van der Waals surface area contributed by atoms with Crippen LogP contribution in [-0.2, 0) is 21.4 Å². The highest BCUT2D eigenvalue weighted by Gasteiger charge is 2.29. The Labute approximate surface area is 106 Å². The van der Waals surface area contributed by atoms with Gasteiger partial charge in [-0.1, -0.05) is 0 Å². The van der Waals surface area contributed by atoms with E-state index >= 15 is 0 Å². The summed E-state index contributed by atoms with van der Waals surface area (Å²) < 4.78 is 36.7. The Morgan fingerprint density at radius 1 is 1.39 bits per heavy atom. The van der Waals surface area contributed by atoms with Crippen LogP contribution >= 0.6 is 0 Å². The van der Waals surface area contributed by atoms with Crippen LogP contribution in [0.2, 0.25) is 0 Å². The Morgan fingerprint density at radius 2 is 2.17 bits per heavy atom. The summed E-state index contributed by atoms with van der Waals surface area (Å²) in [6.45, 7) is 3.06. The van der Waals surface area contributed by atoms with Gasteiger partial charge in [0.05, 0.1) is 6.61 Å². The molecule has 1 fully saturated rings. The van der Waals surface area contributed by atoms with Crippen LogP contribution in [0, 0.1) is 6.92 Å². The Morgan fingerprint density at radius 3 is 2.83 bits per heavy atom. The molecule has 0 spiro atoms. The molecule has 0 radical (unpaired) electrons. The van der Waals surface area contributed by atoms with E-state index in [1.54, 1.807) is 6.92 Å². The first-order valence-electron chi connectivity index (χ1n) is 5.84. The summed E-state index contributed by atoms with van der Waals surface area (Å²) in [5, 5.41) is 8.97. The van der Waals surface area contributed by atoms with Gasteiger partial charge >= 0.3 is 0 Å². The summed E-state index contributed by atoms with van der Waals surface area (Å²) >= 11 is 0. The lowest BCUT2D eigenvalue weighted by Crippen LogP contribution is -2.33. The van der Waals surface area contributed by atoms with Crippen molar-refractivity contribution in [1.29, 1.82) is 0 Å². The summed E-state index contributed by atoms with van der Waals surface area (Å²) in [4.78, 5) is 0.133. The van der Waals surface area contributed by atoms with Crippen molar-refractivity contribution in [2.75, 3.05) is 26.3 Å². The Kier molecular flexibility index (Phi) is 4.06. The second kappa shape index (κ2) is 5.40. The minimum atomic E-state index is -3.56. The van der Waals surface area contributed by atoms with Gasteiger partial charge in [-0.2, -0.15) is 4.31 Å². The van der Waals surface area contributed by atoms with Crippen LogP contribution in [0.15, 0.2) is 15.4 Å². The molecular formula is C11H17NO5S. The highest BCUT2D eigenvalue weighted by molar-refractivity contribution is 7.89. The second-order valence-corrected chi connectivity index (χ2v) is 6.07. The van der Waals surface area contributed by atoms with Crippen molar-refractivity contribution in [3.63, 3.8) is 0 Å². The number of aliphatic hydroxyl groups is 1. The van der Waals surface area contributed by atoms with Crippen LogP contribution < -0.4 is 0 Å². The van der Waals surface area contributed by atoms with Crippen molar-refractivity contribution >= 4 is 10.0 Å². The van der Waals surface area contributed by atoms with Crippen molar-refractivity contribution < 1.29 is 22.7 Å². The van der Waals surface area contributed by atoms with Crippen molar-refractivity contribution in [2.24, 2.45) is 0 Å². The molecule has 0 aliphatic carbocycles. The molecule has 1 N–H and O–H groups in total. The van der Waals surface area contributed by atoms with E-state index in [-0.39, 0.29) is 17.3 Å². The van der Waals surface area contributed by atoms with Gasteiger partial charge in [0.25, 0.3) is 0 Å². The molecule has 1 aromatic heterocycles. The molecule has 1 aromatic rings. The van der Waals surface area contributed by atoms with Gasteiger partial charge in [-0.05, 0) is 13.3 Å². The van der Waals surface area contributed by atoms with E-state index in [9.17, 15) is 8.42 Å². The number of furan rings is 1. The first-order chi connectivity index (χ1) is 8.55. The smallest absolute Gasteiger partial charge is 0.246 e. The lowest BCUT2D eigenvalue weighted by molar-refractivity contribution is 0.148. The molecule has 0 atom stereocenters. The third kappa shape index (κ3) is 2.59. The normalized spacial score (nSPS) is 18.8. The van der Waals surface area contributed by atoms with E-state index in [2.05, 4.69) is 0 Å².